The summed E-state index contributed by atoms with van der Waals surface area (Å²) in [5, 5.41) is 10.6. The zero-order chi connectivity index (χ0) is 66.6. The molecule has 0 aliphatic heterocycles. The lowest BCUT2D eigenvalue weighted by atomic mass is 9.99. The average Bonchev–Trinajstić information content (AvgIpc) is 3.71. The zero-order valence-corrected chi connectivity index (χ0v) is 60.4. The molecular weight excluding hydrogens is 1190 g/mol. The zero-order valence-electron chi connectivity index (χ0n) is 58.6. The number of phosphoric acid groups is 2. The highest BCUT2D eigenvalue weighted by Crippen LogP contribution is 2.45. The number of ether oxygens (including phenoxy) is 4. The summed E-state index contributed by atoms with van der Waals surface area (Å²) in [6.45, 7) is 11.8. The van der Waals surface area contributed by atoms with Crippen LogP contribution in [0.2, 0.25) is 0 Å². The van der Waals surface area contributed by atoms with E-state index in [1.807, 2.05) is 0 Å². The Kier molecular flexibility index (Phi) is 60.6. The number of rotatable bonds is 69. The van der Waals surface area contributed by atoms with Gasteiger partial charge in [0.05, 0.1) is 26.4 Å². The summed E-state index contributed by atoms with van der Waals surface area (Å²) in [4.78, 5) is 72.6. The van der Waals surface area contributed by atoms with Gasteiger partial charge in [0, 0.05) is 25.7 Å². The van der Waals surface area contributed by atoms with Crippen LogP contribution in [0.3, 0.4) is 0 Å². The van der Waals surface area contributed by atoms with Crippen molar-refractivity contribution in [1.29, 1.82) is 0 Å². The number of aliphatic hydroxyl groups excluding tert-OH is 1. The van der Waals surface area contributed by atoms with E-state index >= 15 is 0 Å². The Balaban J connectivity index is 5.27. The number of hydrogen-bond acceptors (Lipinski definition) is 15. The SMILES string of the molecule is CCCCCCCCCCCCCCCC(=O)OC[C@H](COP(=O)(O)OC[C@@H](O)COP(=O)(O)OC[C@@H](COC(=O)CCCCCCCCCCC(C)CC)OC(=O)CCCCCCCCCCCC(C)C)OC(=O)CCCCCCCCCCCCC(C)C. The maximum atomic E-state index is 13.0. The number of phosphoric ester groups is 2. The molecule has 0 rings (SSSR count). The number of unbranched alkanes of at least 4 members (excludes halogenated alkanes) is 36. The van der Waals surface area contributed by atoms with E-state index in [0.717, 1.165) is 108 Å². The molecule has 3 unspecified atom stereocenters. The van der Waals surface area contributed by atoms with Crippen LogP contribution >= 0.6 is 15.6 Å². The smallest absolute Gasteiger partial charge is 0.462 e. The Bertz CT molecular complexity index is 1770. The monoisotopic (exact) mass is 1320 g/mol. The standard InChI is InChI=1S/C71H138O17P2/c1-8-10-11-12-13-14-15-16-17-23-31-38-45-52-68(73)81-58-66(87-70(75)54-47-40-33-24-19-18-21-28-35-42-49-62(3)4)60-85-89(77,78)83-56-65(72)57-84-90(79,80)86-61-67(88-71(76)55-48-41-34-25-20-22-29-36-43-50-63(5)6)59-82-69(74)53-46-39-32-27-26-30-37-44-51-64(7)9-2/h62-67,72H,8-61H2,1-7H3,(H,77,78)(H,79,80)/t64?,65-,66-,67-/m1/s1. The second kappa shape index (κ2) is 61.9. The minimum absolute atomic E-state index is 0.105. The summed E-state index contributed by atoms with van der Waals surface area (Å²) in [5.41, 5.74) is 0. The van der Waals surface area contributed by atoms with E-state index in [2.05, 4.69) is 48.5 Å². The third-order valence-electron chi connectivity index (χ3n) is 16.7. The second-order valence-corrected chi connectivity index (χ2v) is 29.7. The van der Waals surface area contributed by atoms with E-state index in [0.29, 0.717) is 25.7 Å². The van der Waals surface area contributed by atoms with Crippen molar-refractivity contribution < 1.29 is 80.2 Å². The maximum Gasteiger partial charge on any atom is 0.472 e. The minimum Gasteiger partial charge on any atom is -0.462 e. The molecule has 0 aromatic heterocycles. The molecule has 0 saturated carbocycles. The summed E-state index contributed by atoms with van der Waals surface area (Å²) >= 11 is 0. The van der Waals surface area contributed by atoms with Crippen molar-refractivity contribution in [2.45, 2.75) is 375 Å². The molecule has 0 aliphatic rings. The largest absolute Gasteiger partial charge is 0.472 e. The number of carbonyl (C=O) groups excluding carboxylic acids is 4. The first-order valence-electron chi connectivity index (χ1n) is 36.9. The quantitative estimate of drug-likeness (QED) is 0.0222. The van der Waals surface area contributed by atoms with Gasteiger partial charge in [0.2, 0.25) is 0 Å². The molecule has 0 saturated heterocycles. The van der Waals surface area contributed by atoms with Gasteiger partial charge in [-0.05, 0) is 43.4 Å². The van der Waals surface area contributed by atoms with E-state index in [9.17, 15) is 43.2 Å². The molecule has 534 valence electrons. The van der Waals surface area contributed by atoms with Gasteiger partial charge in [0.25, 0.3) is 0 Å². The molecule has 19 heteroatoms. The number of hydrogen-bond donors (Lipinski definition) is 3. The highest BCUT2D eigenvalue weighted by atomic mass is 31.2. The Hall–Kier alpha value is -1.94. The highest BCUT2D eigenvalue weighted by molar-refractivity contribution is 7.47. The average molecular weight is 1330 g/mol. The van der Waals surface area contributed by atoms with Crippen LogP contribution in [0.1, 0.15) is 357 Å². The Morgan fingerprint density at radius 1 is 0.322 bits per heavy atom. The Morgan fingerprint density at radius 3 is 0.844 bits per heavy atom. The van der Waals surface area contributed by atoms with Crippen LogP contribution < -0.4 is 0 Å². The minimum atomic E-state index is -4.95. The van der Waals surface area contributed by atoms with Crippen molar-refractivity contribution in [2.75, 3.05) is 39.6 Å². The summed E-state index contributed by atoms with van der Waals surface area (Å²) in [6.07, 6.45) is 45.7. The van der Waals surface area contributed by atoms with Crippen LogP contribution in [0.15, 0.2) is 0 Å². The first-order valence-corrected chi connectivity index (χ1v) is 39.9. The Labute approximate surface area is 549 Å². The van der Waals surface area contributed by atoms with Crippen LogP contribution in [-0.2, 0) is 65.4 Å². The molecule has 0 radical (unpaired) electrons. The lowest BCUT2D eigenvalue weighted by molar-refractivity contribution is -0.161. The topological polar surface area (TPSA) is 237 Å². The maximum absolute atomic E-state index is 13.0. The molecule has 0 bridgehead atoms. The van der Waals surface area contributed by atoms with Crippen molar-refractivity contribution in [1.82, 2.24) is 0 Å². The van der Waals surface area contributed by atoms with Crippen LogP contribution in [0.5, 0.6) is 0 Å². The Morgan fingerprint density at radius 2 is 0.567 bits per heavy atom. The summed E-state index contributed by atoms with van der Waals surface area (Å²) in [5.74, 6) is 0.141. The van der Waals surface area contributed by atoms with Crippen LogP contribution in [0.25, 0.3) is 0 Å². The van der Waals surface area contributed by atoms with Crippen molar-refractivity contribution in [3.05, 3.63) is 0 Å². The van der Waals surface area contributed by atoms with Crippen molar-refractivity contribution in [3.8, 4) is 0 Å². The fraction of sp³-hybridized carbons (Fsp3) is 0.944. The van der Waals surface area contributed by atoms with Gasteiger partial charge in [-0.15, -0.1) is 0 Å². The second-order valence-electron chi connectivity index (χ2n) is 26.8. The molecule has 0 spiro atoms. The molecular formula is C71H138O17P2. The number of carbonyl (C=O) groups is 4. The third kappa shape index (κ3) is 63.5. The fourth-order valence-electron chi connectivity index (χ4n) is 10.7. The lowest BCUT2D eigenvalue weighted by Gasteiger charge is -2.21. The molecule has 0 aliphatic carbocycles. The summed E-state index contributed by atoms with van der Waals surface area (Å²) in [7, 11) is -9.90. The number of aliphatic hydroxyl groups is 1. The van der Waals surface area contributed by atoms with Crippen molar-refractivity contribution >= 4 is 39.5 Å². The predicted octanol–water partition coefficient (Wildman–Crippen LogP) is 20.2. The molecule has 17 nitrogen and oxygen atoms in total. The molecule has 3 N–H and O–H groups in total. The third-order valence-corrected chi connectivity index (χ3v) is 18.6. The first-order chi connectivity index (χ1) is 43.3. The van der Waals surface area contributed by atoms with E-state index in [-0.39, 0.29) is 25.7 Å². The normalized spacial score (nSPS) is 14.5. The van der Waals surface area contributed by atoms with Crippen molar-refractivity contribution in [3.63, 3.8) is 0 Å². The molecule has 6 atom stereocenters. The highest BCUT2D eigenvalue weighted by Gasteiger charge is 2.30. The van der Waals surface area contributed by atoms with Gasteiger partial charge in [-0.2, -0.15) is 0 Å². The van der Waals surface area contributed by atoms with Gasteiger partial charge in [-0.1, -0.05) is 305 Å². The molecule has 0 aromatic rings. The molecule has 0 heterocycles. The van der Waals surface area contributed by atoms with Gasteiger partial charge in [-0.3, -0.25) is 37.3 Å². The lowest BCUT2D eigenvalue weighted by Crippen LogP contribution is -2.30. The van der Waals surface area contributed by atoms with Gasteiger partial charge in [0.15, 0.2) is 12.2 Å². The summed E-state index contributed by atoms with van der Waals surface area (Å²) < 4.78 is 68.3. The van der Waals surface area contributed by atoms with E-state index < -0.39 is 97.5 Å². The molecule has 0 fully saturated rings. The van der Waals surface area contributed by atoms with Gasteiger partial charge < -0.3 is 33.8 Å². The van der Waals surface area contributed by atoms with Gasteiger partial charge >= 0.3 is 39.5 Å². The molecule has 90 heavy (non-hydrogen) atoms. The van der Waals surface area contributed by atoms with Crippen LogP contribution in [0, 0.1) is 17.8 Å². The molecule has 0 amide bonds. The van der Waals surface area contributed by atoms with Crippen molar-refractivity contribution in [2.24, 2.45) is 17.8 Å². The van der Waals surface area contributed by atoms with Crippen LogP contribution in [-0.4, -0.2) is 96.7 Å². The predicted molar refractivity (Wildman–Crippen MR) is 363 cm³/mol. The van der Waals surface area contributed by atoms with E-state index in [1.54, 1.807) is 0 Å². The molecule has 0 aromatic carbocycles. The van der Waals surface area contributed by atoms with E-state index in [1.165, 1.54) is 167 Å². The number of esters is 4. The van der Waals surface area contributed by atoms with Crippen LogP contribution in [0.4, 0.5) is 0 Å². The fourth-order valence-corrected chi connectivity index (χ4v) is 12.3. The van der Waals surface area contributed by atoms with E-state index in [4.69, 9.17) is 37.0 Å². The van der Waals surface area contributed by atoms with Gasteiger partial charge in [-0.25, -0.2) is 9.13 Å². The van der Waals surface area contributed by atoms with Gasteiger partial charge in [0.1, 0.15) is 19.3 Å². The first kappa shape index (κ1) is 88.1. The summed E-state index contributed by atoms with van der Waals surface area (Å²) in [6, 6.07) is 0.